The molecular weight excluding hydrogens is 451 g/mol. The lowest BCUT2D eigenvalue weighted by Crippen LogP contribution is -2.30. The number of ketones is 1. The van der Waals surface area contributed by atoms with E-state index in [-0.39, 0.29) is 24.0 Å². The van der Waals surface area contributed by atoms with Crippen LogP contribution in [0.15, 0.2) is 29.2 Å². The zero-order valence-corrected chi connectivity index (χ0v) is 20.7. The average molecular weight is 483 g/mol. The van der Waals surface area contributed by atoms with Crippen LogP contribution < -0.4 is 0 Å². The van der Waals surface area contributed by atoms with Crippen molar-refractivity contribution in [3.05, 3.63) is 52.6 Å². The standard InChI is InChI=1S/C23H31FN2O6S/c1-7-25(8-2)33(29,30)18-9-10-21(24)20(12-18)23(28)32-14-22(27)19-11-15(3)26(17(19)5)16(4)13-31-6/h9-12,16H,7-8,13-14H2,1-6H3. The van der Waals surface area contributed by atoms with Crippen LogP contribution in [-0.4, -0.2) is 62.5 Å². The summed E-state index contributed by atoms with van der Waals surface area (Å²) in [5.74, 6) is -2.49. The number of sulfonamides is 1. The second-order valence-electron chi connectivity index (χ2n) is 7.69. The number of hydrogen-bond donors (Lipinski definition) is 0. The first-order valence-electron chi connectivity index (χ1n) is 10.7. The molecule has 1 aromatic carbocycles. The van der Waals surface area contributed by atoms with Gasteiger partial charge in [0.1, 0.15) is 5.82 Å². The van der Waals surface area contributed by atoms with Gasteiger partial charge >= 0.3 is 5.97 Å². The Morgan fingerprint density at radius 2 is 1.76 bits per heavy atom. The minimum atomic E-state index is -3.89. The average Bonchev–Trinajstić information content (AvgIpc) is 3.06. The normalized spacial score (nSPS) is 12.7. The van der Waals surface area contributed by atoms with E-state index in [1.54, 1.807) is 33.9 Å². The minimum Gasteiger partial charge on any atom is -0.454 e. The van der Waals surface area contributed by atoms with Crippen LogP contribution in [0.5, 0.6) is 0 Å². The Bertz CT molecular complexity index is 1120. The molecule has 0 aliphatic rings. The van der Waals surface area contributed by atoms with Crippen LogP contribution in [-0.2, 0) is 19.5 Å². The summed E-state index contributed by atoms with van der Waals surface area (Å²) in [7, 11) is -2.30. The van der Waals surface area contributed by atoms with Gasteiger partial charge in [-0.15, -0.1) is 0 Å². The van der Waals surface area contributed by atoms with Crippen LogP contribution in [0.25, 0.3) is 0 Å². The molecule has 2 rings (SSSR count). The Morgan fingerprint density at radius 3 is 2.33 bits per heavy atom. The van der Waals surface area contributed by atoms with Crippen LogP contribution in [0.1, 0.15) is 58.9 Å². The highest BCUT2D eigenvalue weighted by atomic mass is 32.2. The molecule has 10 heteroatoms. The number of benzene rings is 1. The van der Waals surface area contributed by atoms with Crippen molar-refractivity contribution in [3.63, 3.8) is 0 Å². The van der Waals surface area contributed by atoms with E-state index in [2.05, 4.69) is 0 Å². The van der Waals surface area contributed by atoms with E-state index in [4.69, 9.17) is 9.47 Å². The summed E-state index contributed by atoms with van der Waals surface area (Å²) < 4.78 is 53.1. The van der Waals surface area contributed by atoms with Gasteiger partial charge in [-0.05, 0) is 45.0 Å². The highest BCUT2D eigenvalue weighted by Gasteiger charge is 2.26. The fourth-order valence-corrected chi connectivity index (χ4v) is 5.36. The number of aromatic nitrogens is 1. The van der Waals surface area contributed by atoms with Crippen molar-refractivity contribution in [2.45, 2.75) is 45.6 Å². The quantitative estimate of drug-likeness (QED) is 0.359. The van der Waals surface area contributed by atoms with Gasteiger partial charge in [0.05, 0.1) is 23.1 Å². The van der Waals surface area contributed by atoms with Gasteiger partial charge in [0.15, 0.2) is 6.61 Å². The maximum absolute atomic E-state index is 14.3. The van der Waals surface area contributed by atoms with Crippen molar-refractivity contribution >= 4 is 21.8 Å². The summed E-state index contributed by atoms with van der Waals surface area (Å²) >= 11 is 0. The summed E-state index contributed by atoms with van der Waals surface area (Å²) in [4.78, 5) is 25.0. The van der Waals surface area contributed by atoms with Crippen molar-refractivity contribution in [1.82, 2.24) is 8.87 Å². The molecule has 0 saturated carbocycles. The first-order chi connectivity index (χ1) is 15.5. The zero-order chi connectivity index (χ0) is 24.9. The molecule has 1 atom stereocenters. The predicted octanol–water partition coefficient (Wildman–Crippen LogP) is 3.52. The topological polar surface area (TPSA) is 94.9 Å². The van der Waals surface area contributed by atoms with Crippen LogP contribution in [0.4, 0.5) is 4.39 Å². The molecule has 182 valence electrons. The molecule has 0 aliphatic carbocycles. The second-order valence-corrected chi connectivity index (χ2v) is 9.63. The molecule has 0 radical (unpaired) electrons. The monoisotopic (exact) mass is 482 g/mol. The number of aryl methyl sites for hydroxylation is 1. The number of carbonyl (C=O) groups is 2. The zero-order valence-electron chi connectivity index (χ0n) is 19.8. The third-order valence-electron chi connectivity index (χ3n) is 5.47. The van der Waals surface area contributed by atoms with Gasteiger partial charge in [0.2, 0.25) is 15.8 Å². The van der Waals surface area contributed by atoms with E-state index < -0.39 is 39.8 Å². The fourth-order valence-electron chi connectivity index (χ4n) is 3.87. The Labute approximate surface area is 194 Å². The first kappa shape index (κ1) is 26.7. The van der Waals surface area contributed by atoms with E-state index in [0.29, 0.717) is 17.9 Å². The minimum absolute atomic E-state index is 0.00342. The summed E-state index contributed by atoms with van der Waals surface area (Å²) in [5, 5.41) is 0. The van der Waals surface area contributed by atoms with Crippen LogP contribution in [0, 0.1) is 19.7 Å². The second kappa shape index (κ2) is 11.0. The summed E-state index contributed by atoms with van der Waals surface area (Å²) in [6.45, 7) is 9.28. The number of rotatable bonds is 11. The number of esters is 1. The number of Topliss-reactive ketones (excluding diaryl/α,β-unsaturated/α-hetero) is 1. The summed E-state index contributed by atoms with van der Waals surface area (Å²) in [6.07, 6.45) is 0. The Balaban J connectivity index is 2.22. The molecule has 8 nitrogen and oxygen atoms in total. The van der Waals surface area contributed by atoms with Crippen molar-refractivity contribution in [3.8, 4) is 0 Å². The smallest absolute Gasteiger partial charge is 0.341 e. The van der Waals surface area contributed by atoms with Gasteiger partial charge in [0.25, 0.3) is 0 Å². The van der Waals surface area contributed by atoms with Gasteiger partial charge in [-0.2, -0.15) is 4.31 Å². The van der Waals surface area contributed by atoms with Crippen LogP contribution in [0.2, 0.25) is 0 Å². The SMILES string of the molecule is CCN(CC)S(=O)(=O)c1ccc(F)c(C(=O)OCC(=O)c2cc(C)n(C(C)COC)c2C)c1. The molecule has 0 spiro atoms. The van der Waals surface area contributed by atoms with Crippen molar-refractivity contribution in [2.75, 3.05) is 33.4 Å². The van der Waals surface area contributed by atoms with Crippen LogP contribution >= 0.6 is 0 Å². The van der Waals surface area contributed by atoms with Crippen molar-refractivity contribution in [2.24, 2.45) is 0 Å². The maximum atomic E-state index is 14.3. The first-order valence-corrected chi connectivity index (χ1v) is 12.1. The molecule has 1 unspecified atom stereocenters. The van der Waals surface area contributed by atoms with Gasteiger partial charge < -0.3 is 14.0 Å². The van der Waals surface area contributed by atoms with E-state index in [0.717, 1.165) is 23.9 Å². The fraction of sp³-hybridized carbons (Fsp3) is 0.478. The number of nitrogens with zero attached hydrogens (tertiary/aromatic N) is 2. The largest absolute Gasteiger partial charge is 0.454 e. The Kier molecular flexibility index (Phi) is 8.93. The number of methoxy groups -OCH3 is 1. The molecule has 33 heavy (non-hydrogen) atoms. The lowest BCUT2D eigenvalue weighted by molar-refractivity contribution is 0.0469. The maximum Gasteiger partial charge on any atom is 0.341 e. The molecule has 2 aromatic rings. The number of hydrogen-bond acceptors (Lipinski definition) is 6. The van der Waals surface area contributed by atoms with Crippen molar-refractivity contribution in [1.29, 1.82) is 0 Å². The number of ether oxygens (including phenoxy) is 2. The summed E-state index contributed by atoms with van der Waals surface area (Å²) in [6, 6.07) is 4.65. The molecule has 0 N–H and O–H groups in total. The van der Waals surface area contributed by atoms with E-state index in [1.165, 1.54) is 4.31 Å². The van der Waals surface area contributed by atoms with Crippen LogP contribution in [0.3, 0.4) is 0 Å². The molecule has 0 aliphatic heterocycles. The van der Waals surface area contributed by atoms with E-state index >= 15 is 0 Å². The van der Waals surface area contributed by atoms with E-state index in [9.17, 15) is 22.4 Å². The van der Waals surface area contributed by atoms with Gasteiger partial charge in [-0.1, -0.05) is 13.8 Å². The third kappa shape index (κ3) is 5.69. The lowest BCUT2D eigenvalue weighted by atomic mass is 10.1. The van der Waals surface area contributed by atoms with Gasteiger partial charge in [-0.25, -0.2) is 17.6 Å². The number of halogens is 1. The van der Waals surface area contributed by atoms with E-state index in [1.807, 2.05) is 18.4 Å². The number of carbonyl (C=O) groups excluding carboxylic acids is 2. The molecule has 0 amide bonds. The predicted molar refractivity (Wildman–Crippen MR) is 122 cm³/mol. The third-order valence-corrected chi connectivity index (χ3v) is 7.51. The van der Waals surface area contributed by atoms with Gasteiger partial charge in [0, 0.05) is 37.2 Å². The molecule has 0 bridgehead atoms. The highest BCUT2D eigenvalue weighted by molar-refractivity contribution is 7.89. The Morgan fingerprint density at radius 1 is 1.12 bits per heavy atom. The molecule has 1 heterocycles. The molecule has 1 aromatic heterocycles. The molecule has 0 saturated heterocycles. The van der Waals surface area contributed by atoms with Gasteiger partial charge in [-0.3, -0.25) is 4.79 Å². The summed E-state index contributed by atoms with van der Waals surface area (Å²) in [5.41, 5.74) is 1.40. The highest BCUT2D eigenvalue weighted by Crippen LogP contribution is 2.22. The lowest BCUT2D eigenvalue weighted by Gasteiger charge is -2.18. The Hall–Kier alpha value is -2.56. The van der Waals surface area contributed by atoms with Crippen molar-refractivity contribution < 1.29 is 31.9 Å². The molecule has 0 fully saturated rings. The molecular formula is C23H31FN2O6S.